The number of likely N-dealkylation sites (tertiary alicyclic amines) is 1. The van der Waals surface area contributed by atoms with Crippen LogP contribution in [-0.2, 0) is 4.79 Å². The van der Waals surface area contributed by atoms with E-state index >= 15 is 0 Å². The monoisotopic (exact) mass is 360 g/mol. The molecule has 0 unspecified atom stereocenters. The normalized spacial score (nSPS) is 15.5. The molecule has 0 saturated carbocycles. The zero-order valence-electron chi connectivity index (χ0n) is 15.9. The summed E-state index contributed by atoms with van der Waals surface area (Å²) in [7, 11) is 0. The number of hydrogen-bond acceptors (Lipinski definition) is 3. The molecule has 2 N–H and O–H groups in total. The van der Waals surface area contributed by atoms with Gasteiger partial charge in [0.2, 0.25) is 5.91 Å². The number of nitrogens with zero attached hydrogens (tertiary/aromatic N) is 2. The summed E-state index contributed by atoms with van der Waals surface area (Å²) in [6, 6.07) is 9.79. The van der Waals surface area contributed by atoms with Gasteiger partial charge in [-0.05, 0) is 38.3 Å². The van der Waals surface area contributed by atoms with Crippen LogP contribution in [0.25, 0.3) is 0 Å². The smallest absolute Gasteiger partial charge is 0.222 e. The number of guanidine groups is 1. The van der Waals surface area contributed by atoms with Crippen molar-refractivity contribution in [1.29, 1.82) is 0 Å². The lowest BCUT2D eigenvalue weighted by Gasteiger charge is -2.20. The molecule has 1 aliphatic heterocycles. The predicted molar refractivity (Wildman–Crippen MR) is 106 cm³/mol. The number of amides is 1. The highest BCUT2D eigenvalue weighted by atomic mass is 16.5. The van der Waals surface area contributed by atoms with Crippen LogP contribution in [0.1, 0.15) is 39.0 Å². The minimum atomic E-state index is 0.301. The molecule has 0 atom stereocenters. The fraction of sp³-hybridized carbons (Fsp3) is 0.600. The zero-order chi connectivity index (χ0) is 18.5. The van der Waals surface area contributed by atoms with Gasteiger partial charge in [0, 0.05) is 32.6 Å². The molecule has 0 aromatic heterocycles. The van der Waals surface area contributed by atoms with Crippen molar-refractivity contribution >= 4 is 11.9 Å². The Labute approximate surface area is 157 Å². The molecule has 6 heteroatoms. The summed E-state index contributed by atoms with van der Waals surface area (Å²) in [5.74, 6) is 1.97. The number of hydrogen-bond donors (Lipinski definition) is 2. The molecule has 1 fully saturated rings. The van der Waals surface area contributed by atoms with Crippen molar-refractivity contribution in [2.45, 2.75) is 39.0 Å². The summed E-state index contributed by atoms with van der Waals surface area (Å²) in [5, 5.41) is 6.52. The number of aliphatic imine (C=N–C) groups is 1. The van der Waals surface area contributed by atoms with Crippen molar-refractivity contribution in [3.63, 3.8) is 0 Å². The topological polar surface area (TPSA) is 66.0 Å². The van der Waals surface area contributed by atoms with Crippen LogP contribution < -0.4 is 15.4 Å². The molecule has 1 saturated heterocycles. The van der Waals surface area contributed by atoms with E-state index in [-0.39, 0.29) is 0 Å². The van der Waals surface area contributed by atoms with Gasteiger partial charge < -0.3 is 20.3 Å². The van der Waals surface area contributed by atoms with Gasteiger partial charge in [0.15, 0.2) is 5.96 Å². The van der Waals surface area contributed by atoms with Gasteiger partial charge in [-0.3, -0.25) is 9.79 Å². The minimum absolute atomic E-state index is 0.301. The van der Waals surface area contributed by atoms with Crippen molar-refractivity contribution in [1.82, 2.24) is 15.5 Å². The molecule has 1 heterocycles. The molecule has 26 heavy (non-hydrogen) atoms. The van der Waals surface area contributed by atoms with Gasteiger partial charge >= 0.3 is 0 Å². The van der Waals surface area contributed by atoms with Gasteiger partial charge in [-0.25, -0.2) is 0 Å². The number of ether oxygens (including phenoxy) is 1. The highest BCUT2D eigenvalue weighted by Gasteiger charge is 2.15. The average molecular weight is 361 g/mol. The summed E-state index contributed by atoms with van der Waals surface area (Å²) in [6.07, 6.45) is 4.92. The van der Waals surface area contributed by atoms with Crippen LogP contribution in [0, 0.1) is 0 Å². The van der Waals surface area contributed by atoms with Crippen LogP contribution in [0.3, 0.4) is 0 Å². The van der Waals surface area contributed by atoms with Crippen LogP contribution >= 0.6 is 0 Å². The van der Waals surface area contributed by atoms with E-state index in [1.807, 2.05) is 42.2 Å². The molecule has 1 aromatic rings. The molecule has 0 bridgehead atoms. The van der Waals surface area contributed by atoms with E-state index in [2.05, 4.69) is 15.6 Å². The van der Waals surface area contributed by atoms with Crippen molar-refractivity contribution < 1.29 is 9.53 Å². The Morgan fingerprint density at radius 2 is 2.04 bits per heavy atom. The van der Waals surface area contributed by atoms with E-state index in [4.69, 9.17) is 4.74 Å². The Bertz CT molecular complexity index is 548. The second-order valence-electron chi connectivity index (χ2n) is 6.39. The van der Waals surface area contributed by atoms with E-state index in [1.165, 1.54) is 6.42 Å². The third kappa shape index (κ3) is 7.76. The number of benzene rings is 1. The molecule has 1 aliphatic rings. The van der Waals surface area contributed by atoms with Crippen molar-refractivity contribution in [3.8, 4) is 5.75 Å². The Hall–Kier alpha value is -2.24. The molecule has 1 aromatic carbocycles. The molecule has 6 nitrogen and oxygen atoms in total. The van der Waals surface area contributed by atoms with Crippen LogP contribution in [0.2, 0.25) is 0 Å². The first-order chi connectivity index (χ1) is 12.8. The average Bonchev–Trinajstić information content (AvgIpc) is 2.87. The first kappa shape index (κ1) is 20.1. The molecule has 0 radical (unpaired) electrons. The molecule has 144 valence electrons. The van der Waals surface area contributed by atoms with Gasteiger partial charge in [-0.1, -0.05) is 24.6 Å². The number of para-hydroxylation sites is 1. The minimum Gasteiger partial charge on any atom is -0.492 e. The van der Waals surface area contributed by atoms with E-state index in [0.29, 0.717) is 32.0 Å². The second kappa shape index (κ2) is 12.2. The lowest BCUT2D eigenvalue weighted by molar-refractivity contribution is -0.130. The number of rotatable bonds is 9. The Kier molecular flexibility index (Phi) is 9.40. The highest BCUT2D eigenvalue weighted by Crippen LogP contribution is 2.11. The van der Waals surface area contributed by atoms with Crippen LogP contribution in [-0.4, -0.2) is 56.1 Å². The zero-order valence-corrected chi connectivity index (χ0v) is 15.9. The Morgan fingerprint density at radius 3 is 2.85 bits per heavy atom. The predicted octanol–water partition coefficient (Wildman–Crippen LogP) is 2.41. The maximum Gasteiger partial charge on any atom is 0.222 e. The van der Waals surface area contributed by atoms with Crippen molar-refractivity contribution in [2.75, 3.05) is 39.3 Å². The van der Waals surface area contributed by atoms with Gasteiger partial charge in [-0.2, -0.15) is 0 Å². The lowest BCUT2D eigenvalue weighted by atomic mass is 10.2. The van der Waals surface area contributed by atoms with Crippen LogP contribution in [0.5, 0.6) is 5.75 Å². The molecule has 1 amide bonds. The van der Waals surface area contributed by atoms with E-state index in [9.17, 15) is 4.79 Å². The lowest BCUT2D eigenvalue weighted by Crippen LogP contribution is -2.39. The standard InChI is InChI=1S/C20H32N4O2/c1-2-21-20(23-14-17-26-18-10-5-3-6-11-18)22-13-9-16-24-15-8-4-7-12-19(24)25/h3,5-6,10-11H,2,4,7-9,12-17H2,1H3,(H2,21,22,23). The summed E-state index contributed by atoms with van der Waals surface area (Å²) in [4.78, 5) is 18.6. The van der Waals surface area contributed by atoms with Gasteiger partial charge in [0.05, 0.1) is 6.54 Å². The van der Waals surface area contributed by atoms with Gasteiger partial charge in [-0.15, -0.1) is 0 Å². The Balaban J connectivity index is 1.66. The SMILES string of the molecule is CCNC(=NCCCN1CCCCCC1=O)NCCOc1ccccc1. The molecule has 0 aliphatic carbocycles. The first-order valence-corrected chi connectivity index (χ1v) is 9.77. The molecule has 2 rings (SSSR count). The quantitative estimate of drug-likeness (QED) is 0.403. The third-order valence-electron chi connectivity index (χ3n) is 4.28. The summed E-state index contributed by atoms with van der Waals surface area (Å²) in [6.45, 7) is 6.54. The molecule has 0 spiro atoms. The fourth-order valence-electron chi connectivity index (χ4n) is 2.92. The Morgan fingerprint density at radius 1 is 1.19 bits per heavy atom. The second-order valence-corrected chi connectivity index (χ2v) is 6.39. The summed E-state index contributed by atoms with van der Waals surface area (Å²) < 4.78 is 5.67. The molecular formula is C20H32N4O2. The largest absolute Gasteiger partial charge is 0.492 e. The maximum atomic E-state index is 12.0. The highest BCUT2D eigenvalue weighted by molar-refractivity contribution is 5.79. The van der Waals surface area contributed by atoms with Crippen LogP contribution in [0.4, 0.5) is 0 Å². The first-order valence-electron chi connectivity index (χ1n) is 9.77. The van der Waals surface area contributed by atoms with Gasteiger partial charge in [0.1, 0.15) is 12.4 Å². The van der Waals surface area contributed by atoms with Crippen molar-refractivity contribution in [2.24, 2.45) is 4.99 Å². The van der Waals surface area contributed by atoms with E-state index in [1.54, 1.807) is 0 Å². The van der Waals surface area contributed by atoms with E-state index in [0.717, 1.165) is 50.6 Å². The maximum absolute atomic E-state index is 12.0. The number of nitrogens with one attached hydrogen (secondary N) is 2. The summed E-state index contributed by atoms with van der Waals surface area (Å²) in [5.41, 5.74) is 0. The van der Waals surface area contributed by atoms with Crippen molar-refractivity contribution in [3.05, 3.63) is 30.3 Å². The van der Waals surface area contributed by atoms with Gasteiger partial charge in [0.25, 0.3) is 0 Å². The molecular weight excluding hydrogens is 328 g/mol. The fourth-order valence-corrected chi connectivity index (χ4v) is 2.92. The van der Waals surface area contributed by atoms with Crippen LogP contribution in [0.15, 0.2) is 35.3 Å². The van der Waals surface area contributed by atoms with E-state index < -0.39 is 0 Å². The summed E-state index contributed by atoms with van der Waals surface area (Å²) >= 11 is 0. The number of carbonyl (C=O) groups excluding carboxylic acids is 1. The third-order valence-corrected chi connectivity index (χ3v) is 4.28. The number of carbonyl (C=O) groups is 1.